The van der Waals surface area contributed by atoms with E-state index >= 15 is 0 Å². The third-order valence-electron chi connectivity index (χ3n) is 3.66. The number of rotatable bonds is 4. The van der Waals surface area contributed by atoms with Gasteiger partial charge in [-0.25, -0.2) is 8.42 Å². The average Bonchev–Trinajstić information content (AvgIpc) is 3.21. The van der Waals surface area contributed by atoms with Gasteiger partial charge in [0.1, 0.15) is 10.4 Å². The molecule has 1 N–H and O–H groups in total. The van der Waals surface area contributed by atoms with Crippen LogP contribution < -0.4 is 5.32 Å². The number of nitrogens with one attached hydrogen (secondary N) is 1. The molecule has 25 heavy (non-hydrogen) atoms. The Bertz CT molecular complexity index is 887. The van der Waals surface area contributed by atoms with Gasteiger partial charge in [0.2, 0.25) is 5.91 Å². The zero-order valence-corrected chi connectivity index (χ0v) is 16.3. The van der Waals surface area contributed by atoms with Crippen LogP contribution in [0.3, 0.4) is 0 Å². The van der Waals surface area contributed by atoms with E-state index < -0.39 is 27.8 Å². The van der Waals surface area contributed by atoms with Gasteiger partial charge in [-0.15, -0.1) is 11.3 Å². The standard InChI is InChI=1S/C15H14N2O4S4/c1-9(13(18)16-10-4-6-25(20,21)8-10)17-14(19)12(24-15(17)22)7-11-3-2-5-23-11/h2-7,9-10H,8H2,1H3,(H,16,18)/b12-7+/t9-,10-/m1/s1. The molecule has 0 saturated carbocycles. The van der Waals surface area contributed by atoms with Crippen molar-refractivity contribution in [3.05, 3.63) is 38.8 Å². The summed E-state index contributed by atoms with van der Waals surface area (Å²) in [4.78, 5) is 27.6. The van der Waals surface area contributed by atoms with Crippen molar-refractivity contribution >= 4 is 67.4 Å². The SMILES string of the molecule is C[C@H](C(=O)N[C@@H]1C=CS(=O)(=O)C1)N1C(=O)/C(=C\c2cccs2)SC1=S. The van der Waals surface area contributed by atoms with Crippen LogP contribution in [0, 0.1) is 0 Å². The lowest BCUT2D eigenvalue weighted by atomic mass is 10.2. The first-order valence-corrected chi connectivity index (χ1v) is 11.1. The molecule has 0 aromatic carbocycles. The van der Waals surface area contributed by atoms with E-state index in [2.05, 4.69) is 5.32 Å². The van der Waals surface area contributed by atoms with E-state index in [1.165, 1.54) is 22.3 Å². The molecule has 6 nitrogen and oxygen atoms in total. The molecule has 0 bridgehead atoms. The number of sulfone groups is 1. The van der Waals surface area contributed by atoms with Crippen molar-refractivity contribution < 1.29 is 18.0 Å². The van der Waals surface area contributed by atoms with Crippen LogP contribution >= 0.6 is 35.3 Å². The van der Waals surface area contributed by atoms with Crippen molar-refractivity contribution in [1.82, 2.24) is 10.2 Å². The summed E-state index contributed by atoms with van der Waals surface area (Å²) >= 11 is 7.90. The normalized spacial score (nSPS) is 24.9. The van der Waals surface area contributed by atoms with E-state index in [1.807, 2.05) is 17.5 Å². The van der Waals surface area contributed by atoms with Gasteiger partial charge in [0.05, 0.1) is 16.7 Å². The summed E-state index contributed by atoms with van der Waals surface area (Å²) in [6.07, 6.45) is 3.18. The number of nitrogens with zero attached hydrogens (tertiary/aromatic N) is 1. The van der Waals surface area contributed by atoms with E-state index in [9.17, 15) is 18.0 Å². The molecule has 3 rings (SSSR count). The van der Waals surface area contributed by atoms with Crippen molar-refractivity contribution in [1.29, 1.82) is 0 Å². The maximum Gasteiger partial charge on any atom is 0.266 e. The summed E-state index contributed by atoms with van der Waals surface area (Å²) in [6.45, 7) is 1.57. The van der Waals surface area contributed by atoms with Crippen molar-refractivity contribution in [2.75, 3.05) is 5.75 Å². The zero-order chi connectivity index (χ0) is 18.2. The second-order valence-corrected chi connectivity index (χ2v) is 10.1. The lowest BCUT2D eigenvalue weighted by molar-refractivity contribution is -0.132. The van der Waals surface area contributed by atoms with E-state index in [1.54, 1.807) is 13.0 Å². The molecule has 1 saturated heterocycles. The van der Waals surface area contributed by atoms with Crippen molar-refractivity contribution in [3.63, 3.8) is 0 Å². The van der Waals surface area contributed by atoms with Gasteiger partial charge in [-0.1, -0.05) is 30.0 Å². The topological polar surface area (TPSA) is 83.6 Å². The summed E-state index contributed by atoms with van der Waals surface area (Å²) in [5.41, 5.74) is 0. The van der Waals surface area contributed by atoms with Gasteiger partial charge in [-0.2, -0.15) is 0 Å². The maximum atomic E-state index is 12.6. The van der Waals surface area contributed by atoms with Gasteiger partial charge < -0.3 is 5.32 Å². The third-order valence-corrected chi connectivity index (χ3v) is 7.21. The van der Waals surface area contributed by atoms with Crippen LogP contribution in [0.2, 0.25) is 0 Å². The van der Waals surface area contributed by atoms with Crippen LogP contribution in [-0.4, -0.2) is 47.3 Å². The van der Waals surface area contributed by atoms with Crippen molar-refractivity contribution in [3.8, 4) is 0 Å². The quantitative estimate of drug-likeness (QED) is 0.597. The first kappa shape index (κ1) is 18.3. The molecule has 3 heterocycles. The molecule has 2 aliphatic heterocycles. The second-order valence-electron chi connectivity index (χ2n) is 5.52. The molecule has 1 fully saturated rings. The van der Waals surface area contributed by atoms with Gasteiger partial charge in [0.15, 0.2) is 9.84 Å². The van der Waals surface area contributed by atoms with Gasteiger partial charge >= 0.3 is 0 Å². The maximum absolute atomic E-state index is 12.6. The lowest BCUT2D eigenvalue weighted by Gasteiger charge is -2.23. The molecular weight excluding hydrogens is 400 g/mol. The van der Waals surface area contributed by atoms with Crippen LogP contribution in [0.1, 0.15) is 11.8 Å². The molecule has 2 aliphatic rings. The predicted molar refractivity (Wildman–Crippen MR) is 104 cm³/mol. The summed E-state index contributed by atoms with van der Waals surface area (Å²) in [5.74, 6) is -0.927. The van der Waals surface area contributed by atoms with E-state index in [0.29, 0.717) is 9.23 Å². The van der Waals surface area contributed by atoms with E-state index in [0.717, 1.165) is 22.0 Å². The van der Waals surface area contributed by atoms with Crippen molar-refractivity contribution in [2.24, 2.45) is 0 Å². The highest BCUT2D eigenvalue weighted by molar-refractivity contribution is 8.26. The highest BCUT2D eigenvalue weighted by Gasteiger charge is 2.39. The minimum absolute atomic E-state index is 0.165. The third kappa shape index (κ3) is 4.02. The summed E-state index contributed by atoms with van der Waals surface area (Å²) in [5, 5.41) is 5.63. The number of carbonyl (C=O) groups is 2. The Morgan fingerprint density at radius 2 is 2.28 bits per heavy atom. The number of amides is 2. The number of hydrogen-bond donors (Lipinski definition) is 1. The first-order valence-electron chi connectivity index (χ1n) is 7.29. The Labute approximate surface area is 158 Å². The highest BCUT2D eigenvalue weighted by atomic mass is 32.2. The largest absolute Gasteiger partial charge is 0.347 e. The average molecular weight is 415 g/mol. The molecule has 0 unspecified atom stereocenters. The van der Waals surface area contributed by atoms with Gasteiger partial charge in [-0.3, -0.25) is 14.5 Å². The minimum Gasteiger partial charge on any atom is -0.347 e. The first-order chi connectivity index (χ1) is 11.8. The van der Waals surface area contributed by atoms with Crippen LogP contribution in [-0.2, 0) is 19.4 Å². The molecule has 0 radical (unpaired) electrons. The Hall–Kier alpha value is -1.49. The van der Waals surface area contributed by atoms with E-state index in [-0.39, 0.29) is 11.7 Å². The zero-order valence-electron chi connectivity index (χ0n) is 13.0. The van der Waals surface area contributed by atoms with Gasteiger partial charge in [-0.05, 0) is 30.5 Å². The monoisotopic (exact) mass is 414 g/mol. The lowest BCUT2D eigenvalue weighted by Crippen LogP contribution is -2.49. The highest BCUT2D eigenvalue weighted by Crippen LogP contribution is 2.34. The number of carbonyl (C=O) groups excluding carboxylic acids is 2. The summed E-state index contributed by atoms with van der Waals surface area (Å²) in [6, 6.07) is 2.37. The Morgan fingerprint density at radius 1 is 1.52 bits per heavy atom. The molecule has 0 aliphatic carbocycles. The molecule has 132 valence electrons. The molecule has 0 spiro atoms. The van der Waals surface area contributed by atoms with Crippen molar-refractivity contribution in [2.45, 2.75) is 19.0 Å². The fourth-order valence-corrected chi connectivity index (χ4v) is 5.78. The Balaban J connectivity index is 1.70. The predicted octanol–water partition coefficient (Wildman–Crippen LogP) is 1.76. The van der Waals surface area contributed by atoms with E-state index in [4.69, 9.17) is 12.2 Å². The van der Waals surface area contributed by atoms with Crippen LogP contribution in [0.15, 0.2) is 33.9 Å². The number of thioether (sulfide) groups is 1. The fourth-order valence-electron chi connectivity index (χ4n) is 2.40. The van der Waals surface area contributed by atoms with Crippen LogP contribution in [0.25, 0.3) is 6.08 Å². The molecule has 1 aromatic rings. The Morgan fingerprint density at radius 3 is 2.88 bits per heavy atom. The second kappa shape index (κ2) is 7.02. The summed E-state index contributed by atoms with van der Waals surface area (Å²) < 4.78 is 23.1. The molecular formula is C15H14N2O4S4. The molecule has 1 aromatic heterocycles. The molecule has 10 heteroatoms. The smallest absolute Gasteiger partial charge is 0.266 e. The number of hydrogen-bond acceptors (Lipinski definition) is 7. The molecule has 2 atom stereocenters. The minimum atomic E-state index is -3.26. The van der Waals surface area contributed by atoms with Crippen LogP contribution in [0.5, 0.6) is 0 Å². The number of thiophene rings is 1. The van der Waals surface area contributed by atoms with Gasteiger partial charge in [0.25, 0.3) is 5.91 Å². The van der Waals surface area contributed by atoms with Gasteiger partial charge in [0, 0.05) is 10.3 Å². The number of thiocarbonyl (C=S) groups is 1. The fraction of sp³-hybridized carbons (Fsp3) is 0.267. The van der Waals surface area contributed by atoms with Crippen LogP contribution in [0.4, 0.5) is 0 Å². The molecule has 2 amide bonds. The summed E-state index contributed by atoms with van der Waals surface area (Å²) in [7, 11) is -3.26. The Kier molecular flexibility index (Phi) is 5.14.